The summed E-state index contributed by atoms with van der Waals surface area (Å²) in [5.74, 6) is 0.502. The lowest BCUT2D eigenvalue weighted by Crippen LogP contribution is -1.92. The Balaban J connectivity index is 2.58. The number of aromatic nitrogens is 1. The highest BCUT2D eigenvalue weighted by Crippen LogP contribution is 2.27. The first-order valence-corrected chi connectivity index (χ1v) is 6.21. The Morgan fingerprint density at radius 3 is 2.57 bits per heavy atom. The van der Waals surface area contributed by atoms with E-state index in [-0.39, 0.29) is 0 Å². The summed E-state index contributed by atoms with van der Waals surface area (Å²) >= 11 is 1.65. The first-order chi connectivity index (χ1) is 6.65. The first kappa shape index (κ1) is 11.5. The maximum absolute atomic E-state index is 5.92. The molecule has 0 aliphatic rings. The highest BCUT2D eigenvalue weighted by molar-refractivity contribution is 7.15. The number of aryl methyl sites for hydroxylation is 1. The van der Waals surface area contributed by atoms with Gasteiger partial charge in [0.1, 0.15) is 5.00 Å². The predicted octanol–water partition coefficient (Wildman–Crippen LogP) is 3.58. The predicted molar refractivity (Wildman–Crippen MR) is 63.8 cm³/mol. The molecule has 3 heteroatoms. The second-order valence-electron chi connectivity index (χ2n) is 3.97. The van der Waals surface area contributed by atoms with Crippen LogP contribution in [0.1, 0.15) is 56.7 Å². The van der Waals surface area contributed by atoms with E-state index < -0.39 is 0 Å². The van der Waals surface area contributed by atoms with Crippen molar-refractivity contribution in [2.75, 3.05) is 5.73 Å². The second-order valence-corrected chi connectivity index (χ2v) is 5.04. The molecule has 0 spiro atoms. The van der Waals surface area contributed by atoms with E-state index in [9.17, 15) is 0 Å². The van der Waals surface area contributed by atoms with Crippen LogP contribution in [0, 0.1) is 0 Å². The number of hydrogen-bond acceptors (Lipinski definition) is 3. The molecule has 0 aliphatic carbocycles. The van der Waals surface area contributed by atoms with Crippen LogP contribution >= 0.6 is 11.3 Å². The number of nitrogens with two attached hydrogens (primary N) is 1. The van der Waals surface area contributed by atoms with Crippen molar-refractivity contribution in [2.24, 2.45) is 0 Å². The summed E-state index contributed by atoms with van der Waals surface area (Å²) in [7, 11) is 0. The Hall–Kier alpha value is -0.570. The molecule has 0 amide bonds. The molecule has 1 aromatic rings. The molecule has 0 aromatic carbocycles. The number of rotatable bonds is 5. The van der Waals surface area contributed by atoms with Gasteiger partial charge in [-0.3, -0.25) is 0 Å². The third-order valence-corrected chi connectivity index (χ3v) is 3.48. The Morgan fingerprint density at radius 2 is 2.07 bits per heavy atom. The van der Waals surface area contributed by atoms with Crippen LogP contribution in [0.2, 0.25) is 0 Å². The topological polar surface area (TPSA) is 38.9 Å². The third-order valence-electron chi connectivity index (χ3n) is 2.26. The molecule has 0 fully saturated rings. The van der Waals surface area contributed by atoms with E-state index in [0.29, 0.717) is 5.92 Å². The van der Waals surface area contributed by atoms with Gasteiger partial charge in [0.25, 0.3) is 0 Å². The van der Waals surface area contributed by atoms with Crippen LogP contribution in [0.3, 0.4) is 0 Å². The highest BCUT2D eigenvalue weighted by atomic mass is 32.1. The summed E-state index contributed by atoms with van der Waals surface area (Å²) in [5.41, 5.74) is 7.04. The van der Waals surface area contributed by atoms with E-state index in [4.69, 9.17) is 5.73 Å². The van der Waals surface area contributed by atoms with Crippen molar-refractivity contribution in [3.63, 3.8) is 0 Å². The van der Waals surface area contributed by atoms with Gasteiger partial charge >= 0.3 is 0 Å². The number of nitrogens with zero attached hydrogens (tertiary/aromatic N) is 1. The maximum atomic E-state index is 5.92. The minimum absolute atomic E-state index is 0.502. The molecule has 0 bridgehead atoms. The largest absolute Gasteiger partial charge is 0.389 e. The molecule has 1 rings (SSSR count). The molecule has 0 unspecified atom stereocenters. The van der Waals surface area contributed by atoms with Gasteiger partial charge in [-0.15, -0.1) is 11.3 Å². The molecule has 80 valence electrons. The van der Waals surface area contributed by atoms with E-state index in [0.717, 1.165) is 17.1 Å². The van der Waals surface area contributed by atoms with Crippen LogP contribution in [0.25, 0.3) is 0 Å². The van der Waals surface area contributed by atoms with Gasteiger partial charge in [0.05, 0.1) is 10.7 Å². The Labute approximate surface area is 90.6 Å². The summed E-state index contributed by atoms with van der Waals surface area (Å²) in [5, 5.41) is 2.10. The molecule has 0 atom stereocenters. The summed E-state index contributed by atoms with van der Waals surface area (Å²) in [6.07, 6.45) is 4.78. The molecule has 2 N–H and O–H groups in total. The quantitative estimate of drug-likeness (QED) is 0.758. The molecule has 0 saturated heterocycles. The zero-order chi connectivity index (χ0) is 10.6. The molecule has 0 saturated carbocycles. The molecule has 0 aliphatic heterocycles. The van der Waals surface area contributed by atoms with Crippen molar-refractivity contribution in [2.45, 2.75) is 52.4 Å². The number of thiazole rings is 1. The summed E-state index contributed by atoms with van der Waals surface area (Å²) < 4.78 is 0. The zero-order valence-electron chi connectivity index (χ0n) is 9.34. The van der Waals surface area contributed by atoms with Crippen LogP contribution < -0.4 is 5.73 Å². The van der Waals surface area contributed by atoms with Crippen LogP contribution in [0.5, 0.6) is 0 Å². The van der Waals surface area contributed by atoms with Gasteiger partial charge in [0, 0.05) is 5.92 Å². The van der Waals surface area contributed by atoms with E-state index in [1.807, 2.05) is 0 Å². The van der Waals surface area contributed by atoms with E-state index in [2.05, 4.69) is 25.8 Å². The molecule has 0 radical (unpaired) electrons. The summed E-state index contributed by atoms with van der Waals surface area (Å²) in [4.78, 5) is 4.57. The molecule has 2 nitrogen and oxygen atoms in total. The third kappa shape index (κ3) is 2.98. The maximum Gasteiger partial charge on any atom is 0.109 e. The van der Waals surface area contributed by atoms with Crippen molar-refractivity contribution in [1.29, 1.82) is 0 Å². The minimum atomic E-state index is 0.502. The lowest BCUT2D eigenvalue weighted by molar-refractivity contribution is 0.706. The van der Waals surface area contributed by atoms with E-state index >= 15 is 0 Å². The Bertz CT molecular complexity index is 279. The van der Waals surface area contributed by atoms with Crippen molar-refractivity contribution in [3.8, 4) is 0 Å². The van der Waals surface area contributed by atoms with Gasteiger partial charge in [-0.05, 0) is 12.8 Å². The molecular weight excluding hydrogens is 192 g/mol. The fourth-order valence-electron chi connectivity index (χ4n) is 1.35. The van der Waals surface area contributed by atoms with Gasteiger partial charge < -0.3 is 5.73 Å². The number of nitrogen functional groups attached to an aromatic ring is 1. The molecule has 1 heterocycles. The summed E-state index contributed by atoms with van der Waals surface area (Å²) in [6.45, 7) is 6.53. The second kappa shape index (κ2) is 5.35. The average Bonchev–Trinajstić information content (AvgIpc) is 2.49. The smallest absolute Gasteiger partial charge is 0.109 e. The fourth-order valence-corrected chi connectivity index (χ4v) is 2.23. The van der Waals surface area contributed by atoms with Crippen molar-refractivity contribution >= 4 is 16.3 Å². The van der Waals surface area contributed by atoms with Crippen molar-refractivity contribution < 1.29 is 0 Å². The SMILES string of the molecule is CCCCCc1nc(C(C)C)sc1N. The first-order valence-electron chi connectivity index (χ1n) is 5.40. The van der Waals surface area contributed by atoms with Crippen molar-refractivity contribution in [3.05, 3.63) is 10.7 Å². The molecule has 14 heavy (non-hydrogen) atoms. The monoisotopic (exact) mass is 212 g/mol. The van der Waals surface area contributed by atoms with E-state index in [1.54, 1.807) is 11.3 Å². The Kier molecular flexibility index (Phi) is 4.39. The molecular formula is C11H20N2S. The standard InChI is InChI=1S/C11H20N2S/c1-4-5-6-7-9-10(12)14-11(13-9)8(2)3/h8H,4-7,12H2,1-3H3. The summed E-state index contributed by atoms with van der Waals surface area (Å²) in [6, 6.07) is 0. The van der Waals surface area contributed by atoms with Gasteiger partial charge in [-0.1, -0.05) is 33.6 Å². The Morgan fingerprint density at radius 1 is 1.36 bits per heavy atom. The lowest BCUT2D eigenvalue weighted by Gasteiger charge is -1.97. The minimum Gasteiger partial charge on any atom is -0.389 e. The van der Waals surface area contributed by atoms with Crippen molar-refractivity contribution in [1.82, 2.24) is 4.98 Å². The normalized spacial score (nSPS) is 11.1. The zero-order valence-corrected chi connectivity index (χ0v) is 10.2. The lowest BCUT2D eigenvalue weighted by atomic mass is 10.1. The molecule has 1 aromatic heterocycles. The number of hydrogen-bond donors (Lipinski definition) is 1. The van der Waals surface area contributed by atoms with Gasteiger partial charge in [-0.2, -0.15) is 0 Å². The van der Waals surface area contributed by atoms with Crippen LogP contribution in [-0.4, -0.2) is 4.98 Å². The van der Waals surface area contributed by atoms with Crippen LogP contribution in [0.4, 0.5) is 5.00 Å². The fraction of sp³-hybridized carbons (Fsp3) is 0.727. The van der Waals surface area contributed by atoms with Gasteiger partial charge in [-0.25, -0.2) is 4.98 Å². The van der Waals surface area contributed by atoms with Gasteiger partial charge in [0.2, 0.25) is 0 Å². The number of unbranched alkanes of at least 4 members (excludes halogenated alkanes) is 2. The van der Waals surface area contributed by atoms with Crippen LogP contribution in [-0.2, 0) is 6.42 Å². The average molecular weight is 212 g/mol. The van der Waals surface area contributed by atoms with Crippen LogP contribution in [0.15, 0.2) is 0 Å². The van der Waals surface area contributed by atoms with E-state index in [1.165, 1.54) is 24.3 Å². The highest BCUT2D eigenvalue weighted by Gasteiger charge is 2.10. The van der Waals surface area contributed by atoms with Gasteiger partial charge in [0.15, 0.2) is 0 Å². The number of anilines is 1.